The first kappa shape index (κ1) is 19.9. The van der Waals surface area contributed by atoms with E-state index < -0.39 is 10.0 Å². The number of carbonyl (C=O) groups excluding carboxylic acids is 1. The lowest BCUT2D eigenvalue weighted by molar-refractivity contribution is -0.134. The summed E-state index contributed by atoms with van der Waals surface area (Å²) in [5.41, 5.74) is 2.68. The van der Waals surface area contributed by atoms with Gasteiger partial charge in [-0.25, -0.2) is 8.42 Å². The van der Waals surface area contributed by atoms with Crippen molar-refractivity contribution in [1.29, 1.82) is 0 Å². The highest BCUT2D eigenvalue weighted by atomic mass is 79.9. The molecule has 28 heavy (non-hydrogen) atoms. The van der Waals surface area contributed by atoms with Crippen LogP contribution < -0.4 is 4.74 Å². The Morgan fingerprint density at radius 2 is 1.82 bits per heavy atom. The SMILES string of the molecule is O=C(COc1ccc2c(c1)CCC2)N1CCN(S(=O)(=O)c2ccc(Br)s2)CC1. The highest BCUT2D eigenvalue weighted by Crippen LogP contribution is 2.29. The van der Waals surface area contributed by atoms with Gasteiger partial charge in [-0.05, 0) is 70.6 Å². The minimum absolute atomic E-state index is 0.0244. The summed E-state index contributed by atoms with van der Waals surface area (Å²) in [6.07, 6.45) is 3.36. The van der Waals surface area contributed by atoms with E-state index in [0.717, 1.165) is 22.4 Å². The number of carbonyl (C=O) groups is 1. The molecule has 150 valence electrons. The van der Waals surface area contributed by atoms with Gasteiger partial charge in [0, 0.05) is 26.2 Å². The minimum Gasteiger partial charge on any atom is -0.484 e. The number of hydrogen-bond acceptors (Lipinski definition) is 5. The number of ether oxygens (including phenoxy) is 1. The highest BCUT2D eigenvalue weighted by Gasteiger charge is 2.31. The van der Waals surface area contributed by atoms with E-state index in [-0.39, 0.29) is 12.5 Å². The maximum Gasteiger partial charge on any atom is 0.260 e. The molecule has 0 N–H and O–H groups in total. The summed E-state index contributed by atoms with van der Waals surface area (Å²) in [5.74, 6) is 0.606. The predicted molar refractivity (Wildman–Crippen MR) is 111 cm³/mol. The van der Waals surface area contributed by atoms with Crippen molar-refractivity contribution in [3.05, 3.63) is 45.2 Å². The Morgan fingerprint density at radius 3 is 2.54 bits per heavy atom. The first-order chi connectivity index (χ1) is 13.4. The number of benzene rings is 1. The molecule has 2 heterocycles. The summed E-state index contributed by atoms with van der Waals surface area (Å²) in [4.78, 5) is 14.1. The van der Waals surface area contributed by atoms with Crippen LogP contribution >= 0.6 is 27.3 Å². The second-order valence-electron chi connectivity index (χ2n) is 6.92. The van der Waals surface area contributed by atoms with Gasteiger partial charge < -0.3 is 9.64 Å². The maximum absolute atomic E-state index is 12.7. The smallest absolute Gasteiger partial charge is 0.260 e. The van der Waals surface area contributed by atoms with E-state index >= 15 is 0 Å². The van der Waals surface area contributed by atoms with Crippen LogP contribution in [0.4, 0.5) is 0 Å². The molecule has 4 rings (SSSR count). The summed E-state index contributed by atoms with van der Waals surface area (Å²) in [5, 5.41) is 0. The van der Waals surface area contributed by atoms with Crippen molar-refractivity contribution in [1.82, 2.24) is 9.21 Å². The molecule has 1 aromatic heterocycles. The van der Waals surface area contributed by atoms with Gasteiger partial charge in [0.1, 0.15) is 9.96 Å². The van der Waals surface area contributed by atoms with Crippen LogP contribution in [0.2, 0.25) is 0 Å². The van der Waals surface area contributed by atoms with Gasteiger partial charge in [0.15, 0.2) is 6.61 Å². The van der Waals surface area contributed by atoms with E-state index in [1.165, 1.54) is 33.2 Å². The summed E-state index contributed by atoms with van der Waals surface area (Å²) >= 11 is 4.49. The monoisotopic (exact) mass is 484 g/mol. The Hall–Kier alpha value is -1.42. The van der Waals surface area contributed by atoms with E-state index in [4.69, 9.17) is 4.74 Å². The lowest BCUT2D eigenvalue weighted by atomic mass is 10.1. The van der Waals surface area contributed by atoms with E-state index in [0.29, 0.717) is 30.4 Å². The van der Waals surface area contributed by atoms with Crippen LogP contribution in [0.25, 0.3) is 0 Å². The molecule has 2 aromatic rings. The molecule has 1 saturated heterocycles. The van der Waals surface area contributed by atoms with Crippen LogP contribution in [-0.4, -0.2) is 56.3 Å². The van der Waals surface area contributed by atoms with Crippen LogP contribution in [0.15, 0.2) is 38.3 Å². The Balaban J connectivity index is 1.30. The molecular formula is C19H21BrN2O4S2. The average molecular weight is 485 g/mol. The molecule has 0 spiro atoms. The van der Waals surface area contributed by atoms with Gasteiger partial charge in [-0.2, -0.15) is 4.31 Å². The minimum atomic E-state index is -3.50. The molecule has 0 saturated carbocycles. The van der Waals surface area contributed by atoms with Crippen LogP contribution in [0.5, 0.6) is 5.75 Å². The summed E-state index contributed by atoms with van der Waals surface area (Å²) < 4.78 is 33.6. The highest BCUT2D eigenvalue weighted by molar-refractivity contribution is 9.11. The van der Waals surface area contributed by atoms with Crippen LogP contribution in [0.1, 0.15) is 17.5 Å². The summed E-state index contributed by atoms with van der Waals surface area (Å²) in [6.45, 7) is 1.31. The number of halogens is 1. The third-order valence-corrected chi connectivity index (χ3v) is 9.16. The average Bonchev–Trinajstić information content (AvgIpc) is 3.34. The fourth-order valence-electron chi connectivity index (χ4n) is 3.62. The Bertz CT molecular complexity index is 982. The molecule has 0 bridgehead atoms. The van der Waals surface area contributed by atoms with E-state index in [1.54, 1.807) is 17.0 Å². The van der Waals surface area contributed by atoms with Gasteiger partial charge in [-0.3, -0.25) is 4.79 Å². The quantitative estimate of drug-likeness (QED) is 0.654. The topological polar surface area (TPSA) is 66.9 Å². The summed E-state index contributed by atoms with van der Waals surface area (Å²) in [6, 6.07) is 9.36. The number of amides is 1. The number of aryl methyl sites for hydroxylation is 2. The molecule has 0 atom stereocenters. The van der Waals surface area contributed by atoms with Crippen molar-refractivity contribution in [2.45, 2.75) is 23.5 Å². The normalized spacial score (nSPS) is 17.5. The maximum atomic E-state index is 12.7. The molecule has 1 aliphatic heterocycles. The first-order valence-electron chi connectivity index (χ1n) is 9.21. The van der Waals surface area contributed by atoms with Gasteiger partial charge in [-0.15, -0.1) is 11.3 Å². The second-order valence-corrected chi connectivity index (χ2v) is 11.5. The Morgan fingerprint density at radius 1 is 1.07 bits per heavy atom. The molecule has 0 unspecified atom stereocenters. The standard InChI is InChI=1S/C19H21BrN2O4S2/c20-17-6-7-19(27-17)28(24,25)22-10-8-21(9-11-22)18(23)13-26-16-5-4-14-2-1-3-15(14)12-16/h4-7,12H,1-3,8-11,13H2. The Kier molecular flexibility index (Phi) is 5.78. The van der Waals surface area contributed by atoms with Gasteiger partial charge >= 0.3 is 0 Å². The van der Waals surface area contributed by atoms with Gasteiger partial charge in [0.05, 0.1) is 3.79 Å². The van der Waals surface area contributed by atoms with Gasteiger partial charge in [0.2, 0.25) is 0 Å². The van der Waals surface area contributed by atoms with Crippen molar-refractivity contribution in [3.8, 4) is 5.75 Å². The van der Waals surface area contributed by atoms with E-state index in [1.807, 2.05) is 12.1 Å². The van der Waals surface area contributed by atoms with Crippen molar-refractivity contribution < 1.29 is 17.9 Å². The number of piperazine rings is 1. The molecule has 1 aliphatic carbocycles. The number of sulfonamides is 1. The molecule has 1 fully saturated rings. The van der Waals surface area contributed by atoms with Gasteiger partial charge in [-0.1, -0.05) is 6.07 Å². The zero-order valence-electron chi connectivity index (χ0n) is 15.3. The zero-order chi connectivity index (χ0) is 19.7. The van der Waals surface area contributed by atoms with Crippen molar-refractivity contribution in [2.24, 2.45) is 0 Å². The van der Waals surface area contributed by atoms with Crippen LogP contribution in [0, 0.1) is 0 Å². The molecule has 2 aliphatic rings. The number of nitrogens with zero attached hydrogens (tertiary/aromatic N) is 2. The molecule has 1 amide bonds. The third-order valence-electron chi connectivity index (χ3n) is 5.17. The van der Waals surface area contributed by atoms with Crippen molar-refractivity contribution >= 4 is 43.2 Å². The molecule has 0 radical (unpaired) electrons. The Labute approximate surface area is 177 Å². The van der Waals surface area contributed by atoms with Gasteiger partial charge in [0.25, 0.3) is 15.9 Å². The van der Waals surface area contributed by atoms with Crippen LogP contribution in [0.3, 0.4) is 0 Å². The summed E-state index contributed by atoms with van der Waals surface area (Å²) in [7, 11) is -3.50. The third kappa shape index (κ3) is 4.12. The van der Waals surface area contributed by atoms with E-state index in [2.05, 4.69) is 22.0 Å². The van der Waals surface area contributed by atoms with E-state index in [9.17, 15) is 13.2 Å². The first-order valence-corrected chi connectivity index (χ1v) is 12.3. The number of rotatable bonds is 5. The molecule has 9 heteroatoms. The zero-order valence-corrected chi connectivity index (χ0v) is 18.5. The number of hydrogen-bond donors (Lipinski definition) is 0. The van der Waals surface area contributed by atoms with Crippen molar-refractivity contribution in [2.75, 3.05) is 32.8 Å². The second kappa shape index (κ2) is 8.14. The van der Waals surface area contributed by atoms with Crippen LogP contribution in [-0.2, 0) is 27.7 Å². The lowest BCUT2D eigenvalue weighted by Gasteiger charge is -2.33. The number of fused-ring (bicyclic) bond motifs is 1. The largest absolute Gasteiger partial charge is 0.484 e. The number of thiophene rings is 1. The lowest BCUT2D eigenvalue weighted by Crippen LogP contribution is -2.51. The fraction of sp³-hybridized carbons (Fsp3) is 0.421. The molecule has 6 nitrogen and oxygen atoms in total. The molecular weight excluding hydrogens is 464 g/mol. The predicted octanol–water partition coefficient (Wildman–Crippen LogP) is 2.91. The van der Waals surface area contributed by atoms with Crippen molar-refractivity contribution in [3.63, 3.8) is 0 Å². The molecule has 1 aromatic carbocycles. The fourth-order valence-corrected chi connectivity index (χ4v) is 7.20.